The molecule has 0 atom stereocenters. The average molecular weight is 237 g/mol. The fourth-order valence-corrected chi connectivity index (χ4v) is 1.72. The molecule has 1 aliphatic heterocycles. The van der Waals surface area contributed by atoms with E-state index >= 15 is 0 Å². The Balaban J connectivity index is 1.91. The van der Waals surface area contributed by atoms with Crippen LogP contribution in [0.1, 0.15) is 12.0 Å². The lowest BCUT2D eigenvalue weighted by atomic mass is 10.1. The van der Waals surface area contributed by atoms with E-state index in [1.807, 2.05) is 12.1 Å². The summed E-state index contributed by atoms with van der Waals surface area (Å²) in [5.74, 6) is 6.25. The zero-order valence-electron chi connectivity index (χ0n) is 9.76. The van der Waals surface area contributed by atoms with E-state index < -0.39 is 0 Å². The lowest BCUT2D eigenvalue weighted by Crippen LogP contribution is -2.02. The van der Waals surface area contributed by atoms with Crippen molar-refractivity contribution in [1.82, 2.24) is 15.0 Å². The largest absolute Gasteiger partial charge is 0.377 e. The summed E-state index contributed by atoms with van der Waals surface area (Å²) in [6.07, 6.45) is 7.91. The van der Waals surface area contributed by atoms with Crippen molar-refractivity contribution in [3.63, 3.8) is 0 Å². The number of ether oxygens (including phenoxy) is 1. The summed E-state index contributed by atoms with van der Waals surface area (Å²) in [5, 5.41) is 0. The summed E-state index contributed by atoms with van der Waals surface area (Å²) in [5.41, 5.74) is 3.40. The molecule has 0 bridgehead atoms. The summed E-state index contributed by atoms with van der Waals surface area (Å²) in [6.45, 7) is 1.41. The van der Waals surface area contributed by atoms with Gasteiger partial charge in [-0.3, -0.25) is 4.98 Å². The van der Waals surface area contributed by atoms with Crippen molar-refractivity contribution < 1.29 is 4.74 Å². The number of fused-ring (bicyclic) bond motifs is 1. The maximum atomic E-state index is 5.23. The fraction of sp³-hybridized carbons (Fsp3) is 0.214. The van der Waals surface area contributed by atoms with Gasteiger partial charge in [-0.25, -0.2) is 9.97 Å². The van der Waals surface area contributed by atoms with E-state index in [-0.39, 0.29) is 0 Å². The third-order valence-electron chi connectivity index (χ3n) is 2.66. The molecule has 4 nitrogen and oxygen atoms in total. The summed E-state index contributed by atoms with van der Waals surface area (Å²) >= 11 is 0. The van der Waals surface area contributed by atoms with E-state index in [1.54, 1.807) is 18.6 Å². The van der Waals surface area contributed by atoms with E-state index in [0.717, 1.165) is 29.7 Å². The topological polar surface area (TPSA) is 47.9 Å². The van der Waals surface area contributed by atoms with Gasteiger partial charge in [-0.2, -0.15) is 0 Å². The molecule has 2 aromatic heterocycles. The second-order valence-corrected chi connectivity index (χ2v) is 3.93. The van der Waals surface area contributed by atoms with E-state index in [1.165, 1.54) is 0 Å². The second-order valence-electron chi connectivity index (χ2n) is 3.93. The molecule has 0 spiro atoms. The van der Waals surface area contributed by atoms with Gasteiger partial charge in [-0.1, -0.05) is 11.8 Å². The monoisotopic (exact) mass is 237 g/mol. The van der Waals surface area contributed by atoms with Crippen molar-refractivity contribution in [2.45, 2.75) is 6.42 Å². The molecule has 0 aliphatic carbocycles. The highest BCUT2D eigenvalue weighted by atomic mass is 16.5. The molecule has 0 saturated carbocycles. The first-order valence-corrected chi connectivity index (χ1v) is 5.77. The molecule has 0 amide bonds. The molecule has 3 heterocycles. The van der Waals surface area contributed by atoms with Crippen molar-refractivity contribution in [3.8, 4) is 11.8 Å². The highest BCUT2D eigenvalue weighted by Crippen LogP contribution is 2.08. The molecule has 0 radical (unpaired) electrons. The molecule has 0 N–H and O–H groups in total. The van der Waals surface area contributed by atoms with Crippen molar-refractivity contribution in [1.29, 1.82) is 0 Å². The molecule has 88 valence electrons. The third kappa shape index (κ3) is 2.36. The second kappa shape index (κ2) is 4.94. The quantitative estimate of drug-likeness (QED) is 0.655. The molecule has 0 fully saturated rings. The Labute approximate surface area is 105 Å². The van der Waals surface area contributed by atoms with Gasteiger partial charge < -0.3 is 4.74 Å². The number of hydrogen-bond donors (Lipinski definition) is 0. The molecular weight excluding hydrogens is 226 g/mol. The first-order valence-electron chi connectivity index (χ1n) is 5.77. The normalized spacial score (nSPS) is 14.8. The lowest BCUT2D eigenvalue weighted by molar-refractivity contribution is 0.156. The van der Waals surface area contributed by atoms with Crippen molar-refractivity contribution in [2.24, 2.45) is 0 Å². The molecule has 0 unspecified atom stereocenters. The maximum absolute atomic E-state index is 5.23. The Bertz CT molecular complexity index is 667. The predicted octanol–water partition coefficient (Wildman–Crippen LogP) is 1.72. The van der Waals surface area contributed by atoms with Gasteiger partial charge in [0.05, 0.1) is 13.2 Å². The minimum absolute atomic E-state index is 0.647. The Hall–Kier alpha value is -2.25. The van der Waals surface area contributed by atoms with Crippen LogP contribution in [0, 0.1) is 11.8 Å². The summed E-state index contributed by atoms with van der Waals surface area (Å²) < 4.78 is 5.23. The summed E-state index contributed by atoms with van der Waals surface area (Å²) in [7, 11) is 0. The van der Waals surface area contributed by atoms with Gasteiger partial charge in [0.25, 0.3) is 0 Å². The van der Waals surface area contributed by atoms with Gasteiger partial charge in [0.1, 0.15) is 5.52 Å². The summed E-state index contributed by atoms with van der Waals surface area (Å²) in [4.78, 5) is 12.6. The van der Waals surface area contributed by atoms with Crippen LogP contribution >= 0.6 is 0 Å². The number of nitrogens with zero attached hydrogens (tertiary/aromatic N) is 3. The zero-order valence-corrected chi connectivity index (χ0v) is 9.76. The zero-order chi connectivity index (χ0) is 12.2. The van der Waals surface area contributed by atoms with Crippen LogP contribution in [0.3, 0.4) is 0 Å². The first-order chi connectivity index (χ1) is 8.92. The van der Waals surface area contributed by atoms with Crippen LogP contribution in [0.2, 0.25) is 0 Å². The predicted molar refractivity (Wildman–Crippen MR) is 67.7 cm³/mol. The SMILES string of the molecule is C(#Cc1cnc2nccnc2c1)C1=CCOCC1. The van der Waals surface area contributed by atoms with E-state index in [0.29, 0.717) is 12.3 Å². The van der Waals surface area contributed by atoms with Crippen LogP contribution in [0.5, 0.6) is 0 Å². The van der Waals surface area contributed by atoms with E-state index in [2.05, 4.69) is 26.8 Å². The van der Waals surface area contributed by atoms with Crippen LogP contribution in [0.15, 0.2) is 36.3 Å². The highest BCUT2D eigenvalue weighted by Gasteiger charge is 2.00. The van der Waals surface area contributed by atoms with Crippen molar-refractivity contribution in [2.75, 3.05) is 13.2 Å². The van der Waals surface area contributed by atoms with Crippen LogP contribution in [-0.4, -0.2) is 28.2 Å². The fourth-order valence-electron chi connectivity index (χ4n) is 1.72. The van der Waals surface area contributed by atoms with Gasteiger partial charge in [0, 0.05) is 36.1 Å². The Morgan fingerprint density at radius 2 is 2.06 bits per heavy atom. The van der Waals surface area contributed by atoms with E-state index in [4.69, 9.17) is 4.74 Å². The molecular formula is C14H11N3O. The minimum atomic E-state index is 0.647. The Morgan fingerprint density at radius 3 is 2.94 bits per heavy atom. The van der Waals surface area contributed by atoms with Gasteiger partial charge in [0.2, 0.25) is 0 Å². The van der Waals surface area contributed by atoms with Crippen LogP contribution < -0.4 is 0 Å². The van der Waals surface area contributed by atoms with Crippen LogP contribution in [0.25, 0.3) is 11.2 Å². The van der Waals surface area contributed by atoms with Crippen molar-refractivity contribution in [3.05, 3.63) is 41.9 Å². The van der Waals surface area contributed by atoms with Crippen molar-refractivity contribution >= 4 is 11.2 Å². The molecule has 18 heavy (non-hydrogen) atoms. The number of hydrogen-bond acceptors (Lipinski definition) is 4. The number of aromatic nitrogens is 3. The van der Waals surface area contributed by atoms with Gasteiger partial charge in [-0.15, -0.1) is 0 Å². The van der Waals surface area contributed by atoms with Crippen LogP contribution in [0.4, 0.5) is 0 Å². The Morgan fingerprint density at radius 1 is 1.11 bits per heavy atom. The summed E-state index contributed by atoms with van der Waals surface area (Å²) in [6, 6.07) is 1.90. The van der Waals surface area contributed by atoms with Gasteiger partial charge >= 0.3 is 0 Å². The van der Waals surface area contributed by atoms with Crippen LogP contribution in [-0.2, 0) is 4.74 Å². The highest BCUT2D eigenvalue weighted by molar-refractivity contribution is 5.70. The third-order valence-corrected chi connectivity index (χ3v) is 2.66. The smallest absolute Gasteiger partial charge is 0.178 e. The molecule has 0 saturated heterocycles. The minimum Gasteiger partial charge on any atom is -0.377 e. The number of pyridine rings is 1. The molecule has 0 aromatic carbocycles. The molecule has 3 rings (SSSR count). The van der Waals surface area contributed by atoms with Gasteiger partial charge in [0.15, 0.2) is 5.65 Å². The standard InChI is InChI=1S/C14H11N3O/c1(11-3-7-18-8-4-11)2-12-9-13-14(17-10-12)16-6-5-15-13/h3,5-6,9-10H,4,7-8H2. The first kappa shape index (κ1) is 10.9. The lowest BCUT2D eigenvalue weighted by Gasteiger charge is -2.07. The van der Waals surface area contributed by atoms with E-state index in [9.17, 15) is 0 Å². The molecule has 4 heteroatoms. The number of rotatable bonds is 0. The average Bonchev–Trinajstić information content (AvgIpc) is 2.46. The van der Waals surface area contributed by atoms with Gasteiger partial charge in [-0.05, 0) is 12.1 Å². The maximum Gasteiger partial charge on any atom is 0.178 e. The molecule has 2 aromatic rings. The Kier molecular flexibility index (Phi) is 2.99. The molecule has 1 aliphatic rings.